The predicted molar refractivity (Wildman–Crippen MR) is 85.3 cm³/mol. The second kappa shape index (κ2) is 7.33. The maximum absolute atomic E-state index is 12.7. The van der Waals surface area contributed by atoms with Crippen LogP contribution in [0.15, 0.2) is 42.6 Å². The first-order valence-electron chi connectivity index (χ1n) is 7.91. The molecule has 132 valence electrons. The van der Waals surface area contributed by atoms with Crippen LogP contribution in [-0.4, -0.2) is 30.5 Å². The monoisotopic (exact) mass is 350 g/mol. The summed E-state index contributed by atoms with van der Waals surface area (Å²) < 4.78 is 43.8. The Hall–Kier alpha value is -2.25. The van der Waals surface area contributed by atoms with Gasteiger partial charge in [0.1, 0.15) is 6.10 Å². The van der Waals surface area contributed by atoms with Gasteiger partial charge in [0.25, 0.3) is 0 Å². The second-order valence-corrected chi connectivity index (χ2v) is 5.83. The van der Waals surface area contributed by atoms with Gasteiger partial charge in [0.2, 0.25) is 0 Å². The lowest BCUT2D eigenvalue weighted by Gasteiger charge is -2.23. The molecule has 1 saturated heterocycles. The number of morpholine rings is 1. The van der Waals surface area contributed by atoms with Crippen LogP contribution in [0.4, 0.5) is 13.2 Å². The summed E-state index contributed by atoms with van der Waals surface area (Å²) in [6.45, 7) is 2.09. The highest BCUT2D eigenvalue weighted by molar-refractivity contribution is 5.97. The maximum Gasteiger partial charge on any atom is 0.416 e. The molecule has 3 rings (SSSR count). The number of rotatable bonds is 4. The van der Waals surface area contributed by atoms with E-state index in [1.807, 2.05) is 0 Å². The highest BCUT2D eigenvalue weighted by Gasteiger charge is 2.30. The van der Waals surface area contributed by atoms with E-state index >= 15 is 0 Å². The van der Waals surface area contributed by atoms with E-state index in [4.69, 9.17) is 4.74 Å². The third kappa shape index (κ3) is 4.43. The Kier molecular flexibility index (Phi) is 5.15. The molecule has 0 aliphatic carbocycles. The van der Waals surface area contributed by atoms with E-state index < -0.39 is 11.7 Å². The third-order valence-electron chi connectivity index (χ3n) is 3.98. The number of alkyl halides is 3. The number of ether oxygens (including phenoxy) is 1. The highest BCUT2D eigenvalue weighted by Crippen LogP contribution is 2.29. The number of carbonyl (C=O) groups is 1. The molecule has 0 saturated carbocycles. The molecule has 25 heavy (non-hydrogen) atoms. The zero-order valence-electron chi connectivity index (χ0n) is 13.3. The SMILES string of the molecule is O=C(Cc1ccc([C@H]2CNCCO2)nc1)c1cccc(C(F)(F)F)c1. The Bertz CT molecular complexity index is 739. The molecule has 2 aromatic rings. The van der Waals surface area contributed by atoms with Crippen LogP contribution in [0.2, 0.25) is 0 Å². The minimum absolute atomic E-state index is 0.00162. The fourth-order valence-corrected chi connectivity index (χ4v) is 2.64. The van der Waals surface area contributed by atoms with Crippen molar-refractivity contribution in [3.63, 3.8) is 0 Å². The number of nitrogens with zero attached hydrogens (tertiary/aromatic N) is 1. The minimum atomic E-state index is -4.46. The van der Waals surface area contributed by atoms with Crippen LogP contribution in [0.5, 0.6) is 0 Å². The fourth-order valence-electron chi connectivity index (χ4n) is 2.64. The van der Waals surface area contributed by atoms with Crippen LogP contribution in [0.1, 0.15) is 33.3 Å². The summed E-state index contributed by atoms with van der Waals surface area (Å²) in [6.07, 6.45) is -3.02. The topological polar surface area (TPSA) is 51.2 Å². The molecule has 1 aromatic carbocycles. The van der Waals surface area contributed by atoms with E-state index in [1.165, 1.54) is 12.1 Å². The Labute approximate surface area is 143 Å². The number of carbonyl (C=O) groups excluding carboxylic acids is 1. The van der Waals surface area contributed by atoms with Crippen LogP contribution >= 0.6 is 0 Å². The van der Waals surface area contributed by atoms with Gasteiger partial charge < -0.3 is 10.1 Å². The van der Waals surface area contributed by atoms with Crippen molar-refractivity contribution in [1.82, 2.24) is 10.3 Å². The molecule has 0 amide bonds. The van der Waals surface area contributed by atoms with Gasteiger partial charge in [-0.2, -0.15) is 13.2 Å². The van der Waals surface area contributed by atoms with Crippen LogP contribution in [0.3, 0.4) is 0 Å². The summed E-state index contributed by atoms with van der Waals surface area (Å²) in [5.74, 6) is -0.378. The summed E-state index contributed by atoms with van der Waals surface area (Å²) in [7, 11) is 0. The Morgan fingerprint density at radius 2 is 2.12 bits per heavy atom. The van der Waals surface area contributed by atoms with Crippen molar-refractivity contribution >= 4 is 5.78 Å². The average molecular weight is 350 g/mol. The van der Waals surface area contributed by atoms with Crippen molar-refractivity contribution < 1.29 is 22.7 Å². The van der Waals surface area contributed by atoms with E-state index in [0.717, 1.165) is 24.4 Å². The molecular weight excluding hydrogens is 333 g/mol. The van der Waals surface area contributed by atoms with Crippen molar-refractivity contribution in [2.24, 2.45) is 0 Å². The highest BCUT2D eigenvalue weighted by atomic mass is 19.4. The molecule has 0 radical (unpaired) electrons. The molecule has 0 unspecified atom stereocenters. The first-order chi connectivity index (χ1) is 11.9. The molecule has 1 fully saturated rings. The van der Waals surface area contributed by atoms with Crippen LogP contribution in [-0.2, 0) is 17.3 Å². The Balaban J connectivity index is 1.68. The number of Topliss-reactive ketones (excluding diaryl/α,β-unsaturated/α-hetero) is 1. The number of aromatic nitrogens is 1. The normalized spacial score (nSPS) is 18.1. The van der Waals surface area contributed by atoms with E-state index in [-0.39, 0.29) is 23.9 Å². The molecule has 7 heteroatoms. The summed E-state index contributed by atoms with van der Waals surface area (Å²) in [5.41, 5.74) is 0.630. The molecule has 0 spiro atoms. The van der Waals surface area contributed by atoms with Gasteiger partial charge in [0.05, 0.1) is 17.9 Å². The zero-order chi connectivity index (χ0) is 17.9. The van der Waals surface area contributed by atoms with Gasteiger partial charge in [-0.15, -0.1) is 0 Å². The molecular formula is C18H17F3N2O2. The van der Waals surface area contributed by atoms with E-state index in [9.17, 15) is 18.0 Å². The van der Waals surface area contributed by atoms with Gasteiger partial charge in [0, 0.05) is 31.3 Å². The molecule has 4 nitrogen and oxygen atoms in total. The fraction of sp³-hybridized carbons (Fsp3) is 0.333. The van der Waals surface area contributed by atoms with Crippen molar-refractivity contribution in [2.45, 2.75) is 18.7 Å². The standard InChI is InChI=1S/C18H17F3N2O2/c19-18(20,21)14-3-1-2-13(9-14)16(24)8-12-4-5-15(23-10-12)17-11-22-6-7-25-17/h1-5,9-10,17,22H,6-8,11H2/t17-/m1/s1. The number of pyridine rings is 1. The molecule has 1 N–H and O–H groups in total. The number of hydrogen-bond donors (Lipinski definition) is 1. The van der Waals surface area contributed by atoms with E-state index in [1.54, 1.807) is 18.3 Å². The van der Waals surface area contributed by atoms with Gasteiger partial charge in [-0.25, -0.2) is 0 Å². The van der Waals surface area contributed by atoms with Crippen LogP contribution < -0.4 is 5.32 Å². The molecule has 1 aromatic heterocycles. The first-order valence-corrected chi connectivity index (χ1v) is 7.91. The van der Waals surface area contributed by atoms with Crippen LogP contribution in [0, 0.1) is 0 Å². The van der Waals surface area contributed by atoms with Crippen LogP contribution in [0.25, 0.3) is 0 Å². The summed E-state index contributed by atoms with van der Waals surface area (Å²) in [5, 5.41) is 3.21. The second-order valence-electron chi connectivity index (χ2n) is 5.83. The summed E-state index contributed by atoms with van der Waals surface area (Å²) in [6, 6.07) is 8.00. The number of ketones is 1. The van der Waals surface area contributed by atoms with Crippen molar-refractivity contribution in [1.29, 1.82) is 0 Å². The quantitative estimate of drug-likeness (QED) is 0.861. The molecule has 0 bridgehead atoms. The van der Waals surface area contributed by atoms with Crippen molar-refractivity contribution in [3.8, 4) is 0 Å². The largest absolute Gasteiger partial charge is 0.416 e. The van der Waals surface area contributed by atoms with Gasteiger partial charge >= 0.3 is 6.18 Å². The Morgan fingerprint density at radius 1 is 1.28 bits per heavy atom. The lowest BCUT2D eigenvalue weighted by Crippen LogP contribution is -2.33. The number of benzene rings is 1. The maximum atomic E-state index is 12.7. The van der Waals surface area contributed by atoms with Gasteiger partial charge in [-0.1, -0.05) is 18.2 Å². The number of nitrogens with one attached hydrogen (secondary N) is 1. The zero-order valence-corrected chi connectivity index (χ0v) is 13.3. The smallest absolute Gasteiger partial charge is 0.369 e. The number of hydrogen-bond acceptors (Lipinski definition) is 4. The lowest BCUT2D eigenvalue weighted by molar-refractivity contribution is -0.137. The molecule has 1 aliphatic rings. The van der Waals surface area contributed by atoms with Gasteiger partial charge in [-0.05, 0) is 23.8 Å². The van der Waals surface area contributed by atoms with E-state index in [2.05, 4.69) is 10.3 Å². The number of halogens is 3. The minimum Gasteiger partial charge on any atom is -0.369 e. The third-order valence-corrected chi connectivity index (χ3v) is 3.98. The van der Waals surface area contributed by atoms with E-state index in [0.29, 0.717) is 18.7 Å². The predicted octanol–water partition coefficient (Wildman–Crippen LogP) is 3.19. The van der Waals surface area contributed by atoms with Crippen molar-refractivity contribution in [3.05, 3.63) is 65.0 Å². The first kappa shape index (κ1) is 17.6. The molecule has 1 atom stereocenters. The van der Waals surface area contributed by atoms with Crippen molar-refractivity contribution in [2.75, 3.05) is 19.7 Å². The Morgan fingerprint density at radius 3 is 2.76 bits per heavy atom. The average Bonchev–Trinajstić information content (AvgIpc) is 2.62. The molecule has 2 heterocycles. The molecule has 1 aliphatic heterocycles. The van der Waals surface area contributed by atoms with Gasteiger partial charge in [-0.3, -0.25) is 9.78 Å². The lowest BCUT2D eigenvalue weighted by atomic mass is 10.0. The summed E-state index contributed by atoms with van der Waals surface area (Å²) >= 11 is 0. The summed E-state index contributed by atoms with van der Waals surface area (Å²) in [4.78, 5) is 16.6. The van der Waals surface area contributed by atoms with Gasteiger partial charge in [0.15, 0.2) is 5.78 Å².